The van der Waals surface area contributed by atoms with Crippen molar-refractivity contribution in [2.45, 2.75) is 31.7 Å². The van der Waals surface area contributed by atoms with Gasteiger partial charge < -0.3 is 14.7 Å². The van der Waals surface area contributed by atoms with Crippen molar-refractivity contribution in [3.63, 3.8) is 0 Å². The van der Waals surface area contributed by atoms with Gasteiger partial charge in [-0.1, -0.05) is 24.3 Å². The van der Waals surface area contributed by atoms with Crippen molar-refractivity contribution in [1.82, 2.24) is 4.90 Å². The number of benzene rings is 2. The molecule has 146 valence electrons. The van der Waals surface area contributed by atoms with E-state index in [0.717, 1.165) is 5.56 Å². The van der Waals surface area contributed by atoms with Gasteiger partial charge in [-0.25, -0.2) is 4.79 Å². The third-order valence-electron chi connectivity index (χ3n) is 5.04. The largest absolute Gasteiger partial charge is 0.497 e. The monoisotopic (exact) mass is 381 g/mol. The molecule has 2 aromatic rings. The average molecular weight is 381 g/mol. The molecule has 0 spiro atoms. The molecule has 0 radical (unpaired) electrons. The van der Waals surface area contributed by atoms with E-state index in [1.54, 1.807) is 43.5 Å². The first kappa shape index (κ1) is 19.6. The summed E-state index contributed by atoms with van der Waals surface area (Å²) in [6.45, 7) is 0.374. The first-order chi connectivity index (χ1) is 13.5. The Morgan fingerprint density at radius 3 is 2.46 bits per heavy atom. The van der Waals surface area contributed by atoms with Crippen LogP contribution in [-0.4, -0.2) is 41.3 Å². The summed E-state index contributed by atoms with van der Waals surface area (Å²) in [5.74, 6) is -0.634. The molecule has 3 rings (SSSR count). The predicted molar refractivity (Wildman–Crippen MR) is 103 cm³/mol. The Kier molecular flexibility index (Phi) is 6.09. The van der Waals surface area contributed by atoms with Crippen LogP contribution in [0, 0.1) is 0 Å². The van der Waals surface area contributed by atoms with E-state index in [4.69, 9.17) is 4.74 Å². The minimum atomic E-state index is -1.03. The van der Waals surface area contributed by atoms with Gasteiger partial charge in [-0.2, -0.15) is 0 Å². The van der Waals surface area contributed by atoms with Crippen LogP contribution in [0.4, 0.5) is 0 Å². The Hall–Kier alpha value is -3.15. The highest BCUT2D eigenvalue weighted by atomic mass is 16.5. The van der Waals surface area contributed by atoms with E-state index >= 15 is 0 Å². The number of ether oxygens (including phenoxy) is 1. The van der Waals surface area contributed by atoms with Crippen LogP contribution in [0.1, 0.15) is 46.8 Å². The van der Waals surface area contributed by atoms with E-state index in [2.05, 4.69) is 0 Å². The second kappa shape index (κ2) is 8.69. The van der Waals surface area contributed by atoms with Gasteiger partial charge in [0.25, 0.3) is 0 Å². The van der Waals surface area contributed by atoms with E-state index in [1.807, 2.05) is 12.1 Å². The number of fused-ring (bicyclic) bond motifs is 1. The second-order valence-corrected chi connectivity index (χ2v) is 6.78. The van der Waals surface area contributed by atoms with Crippen molar-refractivity contribution in [3.8, 4) is 5.75 Å². The number of methoxy groups -OCH3 is 1. The molecule has 28 heavy (non-hydrogen) atoms. The molecule has 1 amide bonds. The van der Waals surface area contributed by atoms with Gasteiger partial charge in [0.05, 0.1) is 7.11 Å². The summed E-state index contributed by atoms with van der Waals surface area (Å²) < 4.78 is 5.07. The minimum absolute atomic E-state index is 0.0470. The molecule has 6 nitrogen and oxygen atoms in total. The van der Waals surface area contributed by atoms with Gasteiger partial charge in [-0.05, 0) is 48.2 Å². The summed E-state index contributed by atoms with van der Waals surface area (Å²) >= 11 is 0. The standard InChI is InChI=1S/C22H23NO5/c1-28-17-11-9-16(10-12-17)19(24)7-4-8-20(25)23-14-13-15-5-2-3-6-18(15)21(23)22(26)27/h2-3,5-6,9-12,21H,4,7-8,13-14H2,1H3,(H,26,27). The van der Waals surface area contributed by atoms with Crippen LogP contribution in [0.5, 0.6) is 5.75 Å². The molecule has 1 aliphatic heterocycles. The van der Waals surface area contributed by atoms with E-state index < -0.39 is 12.0 Å². The number of hydrogen-bond donors (Lipinski definition) is 1. The van der Waals surface area contributed by atoms with Gasteiger partial charge in [0, 0.05) is 24.9 Å². The van der Waals surface area contributed by atoms with Crippen molar-refractivity contribution in [2.24, 2.45) is 0 Å². The van der Waals surface area contributed by atoms with E-state index in [1.165, 1.54) is 4.90 Å². The topological polar surface area (TPSA) is 83.9 Å². The summed E-state index contributed by atoms with van der Waals surface area (Å²) in [4.78, 5) is 38.1. The number of carbonyl (C=O) groups excluding carboxylic acids is 2. The zero-order valence-corrected chi connectivity index (χ0v) is 15.8. The Morgan fingerprint density at radius 1 is 1.07 bits per heavy atom. The van der Waals surface area contributed by atoms with Gasteiger partial charge in [0.15, 0.2) is 11.8 Å². The number of carboxylic acid groups (broad SMARTS) is 1. The number of carbonyl (C=O) groups is 3. The fourth-order valence-electron chi connectivity index (χ4n) is 3.57. The van der Waals surface area contributed by atoms with Crippen LogP contribution in [-0.2, 0) is 16.0 Å². The van der Waals surface area contributed by atoms with E-state index in [9.17, 15) is 19.5 Å². The SMILES string of the molecule is COc1ccc(C(=O)CCCC(=O)N2CCc3ccccc3C2C(=O)O)cc1. The lowest BCUT2D eigenvalue weighted by atomic mass is 9.92. The third-order valence-corrected chi connectivity index (χ3v) is 5.04. The number of aliphatic carboxylic acids is 1. The van der Waals surface area contributed by atoms with E-state index in [0.29, 0.717) is 36.3 Å². The minimum Gasteiger partial charge on any atom is -0.497 e. The number of nitrogens with zero attached hydrogens (tertiary/aromatic N) is 1. The number of hydrogen-bond acceptors (Lipinski definition) is 4. The van der Waals surface area contributed by atoms with Crippen LogP contribution in [0.2, 0.25) is 0 Å². The Morgan fingerprint density at radius 2 is 1.79 bits per heavy atom. The van der Waals surface area contributed by atoms with Crippen LogP contribution in [0.3, 0.4) is 0 Å². The lowest BCUT2D eigenvalue weighted by Gasteiger charge is -2.34. The lowest BCUT2D eigenvalue weighted by molar-refractivity contribution is -0.151. The molecule has 6 heteroatoms. The van der Waals surface area contributed by atoms with Gasteiger partial charge in [0.1, 0.15) is 5.75 Å². The Bertz CT molecular complexity index is 875. The van der Waals surface area contributed by atoms with E-state index in [-0.39, 0.29) is 24.5 Å². The first-order valence-electron chi connectivity index (χ1n) is 9.28. The zero-order valence-electron chi connectivity index (χ0n) is 15.8. The molecular formula is C22H23NO5. The van der Waals surface area contributed by atoms with Crippen molar-refractivity contribution in [2.75, 3.05) is 13.7 Å². The van der Waals surface area contributed by atoms with Crippen molar-refractivity contribution < 1.29 is 24.2 Å². The van der Waals surface area contributed by atoms with Gasteiger partial charge in [-0.15, -0.1) is 0 Å². The Balaban J connectivity index is 1.59. The molecule has 0 bridgehead atoms. The molecule has 1 unspecified atom stereocenters. The molecule has 0 fully saturated rings. The number of amides is 1. The third kappa shape index (κ3) is 4.22. The summed E-state index contributed by atoms with van der Waals surface area (Å²) in [6.07, 6.45) is 1.40. The molecule has 1 N–H and O–H groups in total. The molecule has 0 aliphatic carbocycles. The molecule has 1 heterocycles. The van der Waals surface area contributed by atoms with Gasteiger partial charge in [-0.3, -0.25) is 9.59 Å². The Labute approximate surface area is 163 Å². The number of ketones is 1. The summed E-state index contributed by atoms with van der Waals surface area (Å²) in [5.41, 5.74) is 2.21. The molecule has 0 aromatic heterocycles. The fraction of sp³-hybridized carbons (Fsp3) is 0.318. The van der Waals surface area contributed by atoms with Crippen LogP contribution in [0.15, 0.2) is 48.5 Å². The molecule has 0 saturated carbocycles. The molecule has 2 aromatic carbocycles. The lowest BCUT2D eigenvalue weighted by Crippen LogP contribution is -2.43. The number of carboxylic acids is 1. The summed E-state index contributed by atoms with van der Waals surface area (Å²) in [7, 11) is 1.56. The van der Waals surface area contributed by atoms with Crippen LogP contribution >= 0.6 is 0 Å². The second-order valence-electron chi connectivity index (χ2n) is 6.78. The van der Waals surface area contributed by atoms with Crippen LogP contribution < -0.4 is 4.74 Å². The van der Waals surface area contributed by atoms with Crippen LogP contribution in [0.25, 0.3) is 0 Å². The predicted octanol–water partition coefficient (Wildman–Crippen LogP) is 3.26. The zero-order chi connectivity index (χ0) is 20.1. The number of rotatable bonds is 7. The fourth-order valence-corrected chi connectivity index (χ4v) is 3.57. The highest BCUT2D eigenvalue weighted by Crippen LogP contribution is 2.30. The molecule has 1 atom stereocenters. The van der Waals surface area contributed by atoms with Crippen molar-refractivity contribution in [1.29, 1.82) is 0 Å². The highest BCUT2D eigenvalue weighted by Gasteiger charge is 2.35. The highest BCUT2D eigenvalue weighted by molar-refractivity contribution is 5.96. The first-order valence-corrected chi connectivity index (χ1v) is 9.28. The summed E-state index contributed by atoms with van der Waals surface area (Å²) in [6, 6.07) is 13.2. The average Bonchev–Trinajstić information content (AvgIpc) is 2.72. The van der Waals surface area contributed by atoms with Crippen molar-refractivity contribution >= 4 is 17.7 Å². The molecule has 0 saturated heterocycles. The molecule has 1 aliphatic rings. The maximum absolute atomic E-state index is 12.7. The smallest absolute Gasteiger partial charge is 0.331 e. The van der Waals surface area contributed by atoms with Gasteiger partial charge >= 0.3 is 5.97 Å². The van der Waals surface area contributed by atoms with Crippen molar-refractivity contribution in [3.05, 3.63) is 65.2 Å². The normalized spacial score (nSPS) is 15.6. The number of Topliss-reactive ketones (excluding diaryl/α,β-unsaturated/α-hetero) is 1. The maximum Gasteiger partial charge on any atom is 0.331 e. The maximum atomic E-state index is 12.7. The summed E-state index contributed by atoms with van der Waals surface area (Å²) in [5, 5.41) is 9.65. The van der Waals surface area contributed by atoms with Gasteiger partial charge in [0.2, 0.25) is 5.91 Å². The quantitative estimate of drug-likeness (QED) is 0.744. The molecular weight excluding hydrogens is 358 g/mol.